The molecule has 0 saturated heterocycles. The maximum absolute atomic E-state index is 5.88. The van der Waals surface area contributed by atoms with Crippen LogP contribution in [0.1, 0.15) is 22.7 Å². The predicted molar refractivity (Wildman–Crippen MR) is 110 cm³/mol. The molecule has 0 amide bonds. The number of nitrogens with one attached hydrogen (secondary N) is 2. The molecule has 2 rings (SSSR count). The number of guanidine groups is 1. The summed E-state index contributed by atoms with van der Waals surface area (Å²) in [7, 11) is 1.78. The second-order valence-corrected chi connectivity index (χ2v) is 6.34. The molecule has 1 aromatic carbocycles. The normalized spacial score (nSPS) is 11.0. The molecule has 126 valence electrons. The number of hydrogen-bond acceptors (Lipinski definition) is 3. The van der Waals surface area contributed by atoms with Crippen molar-refractivity contribution in [3.63, 3.8) is 0 Å². The molecule has 4 nitrogen and oxygen atoms in total. The average Bonchev–Trinajstić information content (AvgIpc) is 2.94. The largest absolute Gasteiger partial charge is 0.356 e. The van der Waals surface area contributed by atoms with Gasteiger partial charge in [-0.25, -0.2) is 4.98 Å². The van der Waals surface area contributed by atoms with Crippen LogP contribution >= 0.6 is 46.9 Å². The van der Waals surface area contributed by atoms with E-state index in [-0.39, 0.29) is 24.0 Å². The molecule has 0 atom stereocenters. The third kappa shape index (κ3) is 7.50. The van der Waals surface area contributed by atoms with Gasteiger partial charge in [0.1, 0.15) is 0 Å². The maximum Gasteiger partial charge on any atom is 0.191 e. The van der Waals surface area contributed by atoms with Gasteiger partial charge in [-0.05, 0) is 31.0 Å². The minimum atomic E-state index is 0. The summed E-state index contributed by atoms with van der Waals surface area (Å²) < 4.78 is 0. The van der Waals surface area contributed by atoms with Crippen molar-refractivity contribution < 1.29 is 0 Å². The highest BCUT2D eigenvalue weighted by Crippen LogP contribution is 2.10. The van der Waals surface area contributed by atoms with Gasteiger partial charge in [-0.3, -0.25) is 4.99 Å². The maximum atomic E-state index is 5.88. The lowest BCUT2D eigenvalue weighted by atomic mass is 10.2. The molecule has 2 aromatic rings. The topological polar surface area (TPSA) is 49.3 Å². The molecule has 0 aliphatic carbocycles. The summed E-state index contributed by atoms with van der Waals surface area (Å²) in [4.78, 5) is 8.69. The van der Waals surface area contributed by atoms with Gasteiger partial charge in [0.05, 0.1) is 5.01 Å². The Morgan fingerprint density at radius 3 is 2.61 bits per heavy atom. The Morgan fingerprint density at radius 2 is 2.00 bits per heavy atom. The Bertz CT molecular complexity index is 613. The highest BCUT2D eigenvalue weighted by molar-refractivity contribution is 14.0. The number of hydrogen-bond donors (Lipinski definition) is 2. The summed E-state index contributed by atoms with van der Waals surface area (Å²) in [5, 5.41) is 10.7. The van der Waals surface area contributed by atoms with E-state index in [2.05, 4.69) is 26.0 Å². The number of aromatic nitrogens is 1. The van der Waals surface area contributed by atoms with Gasteiger partial charge >= 0.3 is 0 Å². The van der Waals surface area contributed by atoms with Crippen molar-refractivity contribution in [3.8, 4) is 0 Å². The number of rotatable bonds is 6. The number of aryl methyl sites for hydroxylation is 2. The van der Waals surface area contributed by atoms with E-state index in [4.69, 9.17) is 11.6 Å². The van der Waals surface area contributed by atoms with Crippen molar-refractivity contribution in [2.24, 2.45) is 4.99 Å². The number of nitrogens with zero attached hydrogens (tertiary/aromatic N) is 2. The lowest BCUT2D eigenvalue weighted by molar-refractivity contribution is 0.739. The molecule has 1 heterocycles. The van der Waals surface area contributed by atoms with Gasteiger partial charge in [0.2, 0.25) is 0 Å². The molecule has 0 aliphatic rings. The van der Waals surface area contributed by atoms with Crippen molar-refractivity contribution in [2.75, 3.05) is 13.6 Å². The molecule has 7 heteroatoms. The second kappa shape index (κ2) is 10.8. The molecular formula is C16H22ClIN4S. The number of benzene rings is 1. The highest BCUT2D eigenvalue weighted by atomic mass is 127. The van der Waals surface area contributed by atoms with Crippen molar-refractivity contribution in [3.05, 3.63) is 50.9 Å². The van der Waals surface area contributed by atoms with Crippen molar-refractivity contribution >= 4 is 52.9 Å². The standard InChI is InChI=1S/C16H21ClN4S.HI/c1-12-11-22-15(21-12)4-3-9-19-16(18-2)20-10-13-5-7-14(17)8-6-13;/h5-8,11H,3-4,9-10H2,1-2H3,(H2,18,19,20);1H. The number of aliphatic imine (C=N–C) groups is 1. The fraction of sp³-hybridized carbons (Fsp3) is 0.375. The van der Waals surface area contributed by atoms with E-state index < -0.39 is 0 Å². The van der Waals surface area contributed by atoms with Gasteiger partial charge in [0.15, 0.2) is 5.96 Å². The SMILES string of the molecule is CN=C(NCCCc1nc(C)cs1)NCc1ccc(Cl)cc1.I. The Labute approximate surface area is 163 Å². The average molecular weight is 465 g/mol. The van der Waals surface area contributed by atoms with Crippen LogP contribution < -0.4 is 10.6 Å². The van der Waals surface area contributed by atoms with Crippen LogP contribution in [0.4, 0.5) is 0 Å². The highest BCUT2D eigenvalue weighted by Gasteiger charge is 2.01. The summed E-state index contributed by atoms with van der Waals surface area (Å²) in [6.07, 6.45) is 2.04. The van der Waals surface area contributed by atoms with Crippen LogP contribution in [-0.4, -0.2) is 24.5 Å². The monoisotopic (exact) mass is 464 g/mol. The molecular weight excluding hydrogens is 443 g/mol. The van der Waals surface area contributed by atoms with Crippen LogP contribution in [0.25, 0.3) is 0 Å². The van der Waals surface area contributed by atoms with Crippen LogP contribution in [0.5, 0.6) is 0 Å². The van der Waals surface area contributed by atoms with E-state index in [1.165, 1.54) is 10.6 Å². The number of thiazole rings is 1. The predicted octanol–water partition coefficient (Wildman–Crippen LogP) is 4.02. The van der Waals surface area contributed by atoms with Crippen LogP contribution in [0.15, 0.2) is 34.6 Å². The third-order valence-corrected chi connectivity index (χ3v) is 4.40. The fourth-order valence-electron chi connectivity index (χ4n) is 1.97. The Hall–Kier alpha value is -0.860. The summed E-state index contributed by atoms with van der Waals surface area (Å²) in [5.74, 6) is 0.810. The van der Waals surface area contributed by atoms with Gasteiger partial charge < -0.3 is 10.6 Å². The molecule has 0 spiro atoms. The van der Waals surface area contributed by atoms with Crippen LogP contribution in [0.2, 0.25) is 5.02 Å². The van der Waals surface area contributed by atoms with E-state index >= 15 is 0 Å². The van der Waals surface area contributed by atoms with E-state index in [1.54, 1.807) is 18.4 Å². The Morgan fingerprint density at radius 1 is 1.26 bits per heavy atom. The van der Waals surface area contributed by atoms with E-state index in [0.717, 1.165) is 42.6 Å². The summed E-state index contributed by atoms with van der Waals surface area (Å²) in [5.41, 5.74) is 2.28. The first-order chi connectivity index (χ1) is 10.7. The van der Waals surface area contributed by atoms with Crippen LogP contribution in [0, 0.1) is 6.92 Å². The quantitative estimate of drug-likeness (QED) is 0.294. The third-order valence-electron chi connectivity index (χ3n) is 3.12. The van der Waals surface area contributed by atoms with Crippen LogP contribution in [-0.2, 0) is 13.0 Å². The Balaban J connectivity index is 0.00000264. The van der Waals surface area contributed by atoms with Gasteiger partial charge in [-0.15, -0.1) is 35.3 Å². The molecule has 0 saturated carbocycles. The van der Waals surface area contributed by atoms with E-state index in [9.17, 15) is 0 Å². The second-order valence-electron chi connectivity index (χ2n) is 4.97. The molecule has 0 radical (unpaired) electrons. The van der Waals surface area contributed by atoms with Gasteiger partial charge in [0.25, 0.3) is 0 Å². The molecule has 23 heavy (non-hydrogen) atoms. The molecule has 0 aliphatic heterocycles. The van der Waals surface area contributed by atoms with Gasteiger partial charge in [0, 0.05) is 42.7 Å². The zero-order valence-corrected chi connectivity index (χ0v) is 17.2. The molecule has 0 unspecified atom stereocenters. The Kier molecular flexibility index (Phi) is 9.50. The molecule has 0 bridgehead atoms. The lowest BCUT2D eigenvalue weighted by Crippen LogP contribution is -2.37. The lowest BCUT2D eigenvalue weighted by Gasteiger charge is -2.11. The van der Waals surface area contributed by atoms with Crippen molar-refractivity contribution in [1.29, 1.82) is 0 Å². The van der Waals surface area contributed by atoms with Crippen LogP contribution in [0.3, 0.4) is 0 Å². The molecule has 2 N–H and O–H groups in total. The van der Waals surface area contributed by atoms with Crippen molar-refractivity contribution in [1.82, 2.24) is 15.6 Å². The molecule has 0 fully saturated rings. The minimum Gasteiger partial charge on any atom is -0.356 e. The van der Waals surface area contributed by atoms with Gasteiger partial charge in [-0.1, -0.05) is 23.7 Å². The number of halogens is 2. The minimum absolute atomic E-state index is 0. The fourth-order valence-corrected chi connectivity index (χ4v) is 2.92. The molecule has 1 aromatic heterocycles. The zero-order valence-electron chi connectivity index (χ0n) is 13.3. The summed E-state index contributed by atoms with van der Waals surface area (Å²) in [6, 6.07) is 7.80. The van der Waals surface area contributed by atoms with E-state index in [1.807, 2.05) is 31.2 Å². The summed E-state index contributed by atoms with van der Waals surface area (Å²) >= 11 is 7.60. The first-order valence-corrected chi connectivity index (χ1v) is 8.53. The van der Waals surface area contributed by atoms with E-state index in [0.29, 0.717) is 0 Å². The first kappa shape index (κ1) is 20.2. The zero-order chi connectivity index (χ0) is 15.8. The van der Waals surface area contributed by atoms with Crippen molar-refractivity contribution in [2.45, 2.75) is 26.3 Å². The summed E-state index contributed by atoms with van der Waals surface area (Å²) in [6.45, 7) is 3.63. The van der Waals surface area contributed by atoms with Gasteiger partial charge in [-0.2, -0.15) is 0 Å². The smallest absolute Gasteiger partial charge is 0.191 e. The first-order valence-electron chi connectivity index (χ1n) is 7.27.